The second-order valence-corrected chi connectivity index (χ2v) is 7.34. The average molecular weight is 369 g/mol. The van der Waals surface area contributed by atoms with Gasteiger partial charge in [0.15, 0.2) is 10.8 Å². The van der Waals surface area contributed by atoms with Crippen molar-refractivity contribution >= 4 is 33.9 Å². The van der Waals surface area contributed by atoms with Crippen molar-refractivity contribution < 1.29 is 0 Å². The molecule has 136 valence electrons. The molecule has 1 aliphatic carbocycles. The standard InChI is InChI=1S/C19H24N6S/c1-3-13-8-9-17-14(10-13)11-15(18-21-22-23-25(17)18)12-24(19(26)20-2)16-6-4-5-7-16/h8-11,16H,3-7,12H2,1-2H3,(H,20,26). The van der Waals surface area contributed by atoms with E-state index in [4.69, 9.17) is 12.2 Å². The zero-order valence-corrected chi connectivity index (χ0v) is 16.1. The van der Waals surface area contributed by atoms with Gasteiger partial charge in [-0.15, -0.1) is 5.10 Å². The highest BCUT2D eigenvalue weighted by atomic mass is 32.1. The molecule has 1 aromatic carbocycles. The Labute approximate surface area is 158 Å². The third-order valence-electron chi connectivity index (χ3n) is 5.40. The zero-order chi connectivity index (χ0) is 18.1. The van der Waals surface area contributed by atoms with Crippen molar-refractivity contribution in [1.29, 1.82) is 0 Å². The van der Waals surface area contributed by atoms with Crippen LogP contribution in [0.25, 0.3) is 16.6 Å². The lowest BCUT2D eigenvalue weighted by Crippen LogP contribution is -2.43. The molecule has 1 fully saturated rings. The van der Waals surface area contributed by atoms with Gasteiger partial charge in [0.1, 0.15) is 0 Å². The SMILES string of the molecule is CCc1ccc2c(c1)cc(CN(C(=S)NC)C1CCCC1)c1nnnn12. The first-order valence-corrected chi connectivity index (χ1v) is 9.73. The normalized spacial score (nSPS) is 15.0. The van der Waals surface area contributed by atoms with Gasteiger partial charge in [-0.25, -0.2) is 0 Å². The molecule has 6 nitrogen and oxygen atoms in total. The number of aryl methyl sites for hydroxylation is 1. The predicted molar refractivity (Wildman–Crippen MR) is 107 cm³/mol. The van der Waals surface area contributed by atoms with Crippen molar-refractivity contribution in [3.8, 4) is 0 Å². The molecule has 0 saturated heterocycles. The lowest BCUT2D eigenvalue weighted by molar-refractivity contribution is 0.306. The molecule has 1 N–H and O–H groups in total. The molecule has 3 aromatic rings. The van der Waals surface area contributed by atoms with E-state index >= 15 is 0 Å². The fourth-order valence-corrected chi connectivity index (χ4v) is 4.17. The summed E-state index contributed by atoms with van der Waals surface area (Å²) in [7, 11) is 1.90. The third kappa shape index (κ3) is 3.00. The van der Waals surface area contributed by atoms with Crippen LogP contribution in [0.15, 0.2) is 24.3 Å². The Morgan fingerprint density at radius 3 is 2.85 bits per heavy atom. The third-order valence-corrected chi connectivity index (χ3v) is 5.83. The van der Waals surface area contributed by atoms with Crippen molar-refractivity contribution in [1.82, 2.24) is 30.3 Å². The largest absolute Gasteiger partial charge is 0.366 e. The van der Waals surface area contributed by atoms with E-state index in [0.29, 0.717) is 6.04 Å². The quantitative estimate of drug-likeness (QED) is 0.714. The van der Waals surface area contributed by atoms with Gasteiger partial charge < -0.3 is 10.2 Å². The molecule has 0 aliphatic heterocycles. The number of benzene rings is 1. The molecule has 1 saturated carbocycles. The summed E-state index contributed by atoms with van der Waals surface area (Å²) in [6.07, 6.45) is 5.93. The first kappa shape index (κ1) is 17.1. The van der Waals surface area contributed by atoms with E-state index in [1.54, 1.807) is 0 Å². The van der Waals surface area contributed by atoms with Gasteiger partial charge in [-0.05, 0) is 65.7 Å². The molecule has 26 heavy (non-hydrogen) atoms. The van der Waals surface area contributed by atoms with Crippen LogP contribution in [0.2, 0.25) is 0 Å². The van der Waals surface area contributed by atoms with Gasteiger partial charge in [0.2, 0.25) is 0 Å². The Bertz CT molecular complexity index is 944. The van der Waals surface area contributed by atoms with E-state index < -0.39 is 0 Å². The summed E-state index contributed by atoms with van der Waals surface area (Å²) in [4.78, 5) is 2.31. The van der Waals surface area contributed by atoms with E-state index in [-0.39, 0.29) is 0 Å². The number of hydrogen-bond acceptors (Lipinski definition) is 4. The van der Waals surface area contributed by atoms with E-state index in [2.05, 4.69) is 56.9 Å². The summed E-state index contributed by atoms with van der Waals surface area (Å²) >= 11 is 5.61. The molecule has 2 heterocycles. The van der Waals surface area contributed by atoms with Crippen molar-refractivity contribution in [2.75, 3.05) is 7.05 Å². The van der Waals surface area contributed by atoms with Crippen LogP contribution in [0.5, 0.6) is 0 Å². The van der Waals surface area contributed by atoms with Gasteiger partial charge in [-0.3, -0.25) is 0 Å². The van der Waals surface area contributed by atoms with Crippen LogP contribution < -0.4 is 5.32 Å². The summed E-state index contributed by atoms with van der Waals surface area (Å²) in [5.41, 5.74) is 4.27. The molecule has 2 aromatic heterocycles. The summed E-state index contributed by atoms with van der Waals surface area (Å²) in [5, 5.41) is 17.6. The highest BCUT2D eigenvalue weighted by Crippen LogP contribution is 2.27. The molecular weight excluding hydrogens is 344 g/mol. The Kier molecular flexibility index (Phi) is 4.72. The maximum absolute atomic E-state index is 5.61. The molecule has 0 radical (unpaired) electrons. The van der Waals surface area contributed by atoms with Gasteiger partial charge >= 0.3 is 0 Å². The highest BCUT2D eigenvalue weighted by molar-refractivity contribution is 7.80. The summed E-state index contributed by atoms with van der Waals surface area (Å²) < 4.78 is 1.85. The number of pyridine rings is 1. The zero-order valence-electron chi connectivity index (χ0n) is 15.3. The van der Waals surface area contributed by atoms with Crippen molar-refractivity contribution in [2.45, 2.75) is 51.6 Å². The molecular formula is C19H24N6S. The molecule has 0 amide bonds. The van der Waals surface area contributed by atoms with E-state index in [9.17, 15) is 0 Å². The maximum Gasteiger partial charge on any atom is 0.184 e. The van der Waals surface area contributed by atoms with Crippen LogP contribution in [-0.2, 0) is 13.0 Å². The molecule has 0 spiro atoms. The van der Waals surface area contributed by atoms with Crippen LogP contribution in [-0.4, -0.2) is 43.1 Å². The average Bonchev–Trinajstić information content (AvgIpc) is 3.36. The number of hydrogen-bond donors (Lipinski definition) is 1. The molecule has 0 atom stereocenters. The minimum atomic E-state index is 0.489. The first-order valence-electron chi connectivity index (χ1n) is 9.32. The Morgan fingerprint density at radius 2 is 2.12 bits per heavy atom. The van der Waals surface area contributed by atoms with Gasteiger partial charge in [0.25, 0.3) is 0 Å². The lowest BCUT2D eigenvalue weighted by atomic mass is 10.1. The molecule has 0 bridgehead atoms. The van der Waals surface area contributed by atoms with E-state index in [1.165, 1.54) is 36.6 Å². The summed E-state index contributed by atoms with van der Waals surface area (Å²) in [6.45, 7) is 2.89. The number of aromatic nitrogens is 4. The fourth-order valence-electron chi connectivity index (χ4n) is 3.96. The second kappa shape index (κ2) is 7.15. The van der Waals surface area contributed by atoms with E-state index in [1.807, 2.05) is 11.6 Å². The molecule has 4 rings (SSSR count). The van der Waals surface area contributed by atoms with Crippen molar-refractivity contribution in [3.63, 3.8) is 0 Å². The van der Waals surface area contributed by atoms with Gasteiger partial charge in [0, 0.05) is 30.6 Å². The van der Waals surface area contributed by atoms with Gasteiger partial charge in [-0.2, -0.15) is 4.52 Å². The van der Waals surface area contributed by atoms with E-state index in [0.717, 1.165) is 34.8 Å². The molecule has 1 aliphatic rings. The minimum absolute atomic E-state index is 0.489. The van der Waals surface area contributed by atoms with Crippen molar-refractivity contribution in [2.24, 2.45) is 0 Å². The monoisotopic (exact) mass is 368 g/mol. The minimum Gasteiger partial charge on any atom is -0.366 e. The van der Waals surface area contributed by atoms with Crippen LogP contribution in [0.1, 0.15) is 43.7 Å². The Morgan fingerprint density at radius 1 is 1.31 bits per heavy atom. The number of rotatable bonds is 4. The predicted octanol–water partition coefficient (Wildman–Crippen LogP) is 3.09. The number of thiocarbonyl (C=S) groups is 1. The van der Waals surface area contributed by atoms with Gasteiger partial charge in [0.05, 0.1) is 5.52 Å². The number of nitrogens with one attached hydrogen (secondary N) is 1. The summed E-state index contributed by atoms with van der Waals surface area (Å²) in [5.74, 6) is 0. The topological polar surface area (TPSA) is 58.3 Å². The first-order chi connectivity index (χ1) is 12.7. The summed E-state index contributed by atoms with van der Waals surface area (Å²) in [6, 6.07) is 9.19. The lowest BCUT2D eigenvalue weighted by Gasteiger charge is -2.31. The van der Waals surface area contributed by atoms with Crippen LogP contribution in [0.3, 0.4) is 0 Å². The number of nitrogens with zero attached hydrogens (tertiary/aromatic N) is 5. The second-order valence-electron chi connectivity index (χ2n) is 6.95. The van der Waals surface area contributed by atoms with Gasteiger partial charge in [-0.1, -0.05) is 25.8 Å². The van der Waals surface area contributed by atoms with Crippen LogP contribution >= 0.6 is 12.2 Å². The fraction of sp³-hybridized carbons (Fsp3) is 0.474. The highest BCUT2D eigenvalue weighted by Gasteiger charge is 2.25. The van der Waals surface area contributed by atoms with Crippen LogP contribution in [0, 0.1) is 0 Å². The van der Waals surface area contributed by atoms with Crippen LogP contribution in [0.4, 0.5) is 0 Å². The Hall–Kier alpha value is -2.28. The number of fused-ring (bicyclic) bond motifs is 3. The Balaban J connectivity index is 1.80. The smallest absolute Gasteiger partial charge is 0.184 e. The molecule has 0 unspecified atom stereocenters. The van der Waals surface area contributed by atoms with Crippen molar-refractivity contribution in [3.05, 3.63) is 35.4 Å². The maximum atomic E-state index is 5.61. The number of tetrazole rings is 1. The molecule has 7 heteroatoms.